The Bertz CT molecular complexity index is 983. The molecular formula is C23H29N7O. The minimum Gasteiger partial charge on any atom is -0.495 e. The van der Waals surface area contributed by atoms with E-state index in [-0.39, 0.29) is 5.95 Å². The quantitative estimate of drug-likeness (QED) is 0.604. The van der Waals surface area contributed by atoms with E-state index in [0.717, 1.165) is 44.8 Å². The predicted molar refractivity (Wildman–Crippen MR) is 122 cm³/mol. The highest BCUT2D eigenvalue weighted by Crippen LogP contribution is 2.25. The average Bonchev–Trinajstić information content (AvgIpc) is 2.99. The van der Waals surface area contributed by atoms with Gasteiger partial charge < -0.3 is 15.8 Å². The maximum absolute atomic E-state index is 5.97. The number of nitrogens with zero attached hydrogens (tertiary/aromatic N) is 5. The third-order valence-electron chi connectivity index (χ3n) is 5.35. The number of benzene rings is 2. The van der Waals surface area contributed by atoms with Crippen molar-refractivity contribution in [1.82, 2.24) is 24.8 Å². The molecule has 1 aliphatic rings. The third kappa shape index (κ3) is 5.90. The predicted octanol–water partition coefficient (Wildman–Crippen LogP) is 2.91. The largest absolute Gasteiger partial charge is 0.495 e. The number of rotatable bonds is 7. The zero-order valence-electron chi connectivity index (χ0n) is 17.9. The molecule has 3 N–H and O–H groups in total. The van der Waals surface area contributed by atoms with Crippen LogP contribution in [0.25, 0.3) is 0 Å². The van der Waals surface area contributed by atoms with Gasteiger partial charge in [0, 0.05) is 19.6 Å². The van der Waals surface area contributed by atoms with E-state index in [2.05, 4.69) is 60.4 Å². The van der Waals surface area contributed by atoms with Gasteiger partial charge in [-0.3, -0.25) is 9.80 Å². The summed E-state index contributed by atoms with van der Waals surface area (Å²) in [7, 11) is 1.63. The average molecular weight is 420 g/mol. The highest BCUT2D eigenvalue weighted by atomic mass is 16.5. The summed E-state index contributed by atoms with van der Waals surface area (Å²) in [6.07, 6.45) is 1.11. The van der Waals surface area contributed by atoms with Crippen molar-refractivity contribution in [2.24, 2.45) is 0 Å². The number of hydrogen-bond donors (Lipinski definition) is 2. The van der Waals surface area contributed by atoms with Crippen molar-refractivity contribution in [2.75, 3.05) is 44.3 Å². The molecule has 0 saturated carbocycles. The normalized spacial score (nSPS) is 15.4. The number of para-hydroxylation sites is 2. The fourth-order valence-corrected chi connectivity index (χ4v) is 3.82. The number of hydrogen-bond acceptors (Lipinski definition) is 8. The lowest BCUT2D eigenvalue weighted by Crippen LogP contribution is -2.31. The number of nitrogens with two attached hydrogens (primary N) is 1. The number of aromatic nitrogens is 3. The highest BCUT2D eigenvalue weighted by Gasteiger charge is 2.17. The lowest BCUT2D eigenvalue weighted by Gasteiger charge is -2.21. The van der Waals surface area contributed by atoms with Crippen molar-refractivity contribution in [3.05, 3.63) is 66.0 Å². The zero-order valence-corrected chi connectivity index (χ0v) is 17.9. The van der Waals surface area contributed by atoms with Crippen LogP contribution in [0.4, 0.5) is 17.6 Å². The molecule has 0 atom stereocenters. The first-order valence-electron chi connectivity index (χ1n) is 10.6. The monoisotopic (exact) mass is 419 g/mol. The Morgan fingerprint density at radius 2 is 1.58 bits per heavy atom. The van der Waals surface area contributed by atoms with Gasteiger partial charge in [-0.2, -0.15) is 15.0 Å². The summed E-state index contributed by atoms with van der Waals surface area (Å²) in [5.41, 5.74) is 8.11. The maximum Gasteiger partial charge on any atom is 0.232 e. The highest BCUT2D eigenvalue weighted by molar-refractivity contribution is 5.62. The fourth-order valence-electron chi connectivity index (χ4n) is 3.82. The molecule has 2 aromatic carbocycles. The first-order chi connectivity index (χ1) is 15.2. The molecule has 0 spiro atoms. The molecular weight excluding hydrogens is 390 g/mol. The second-order valence-electron chi connectivity index (χ2n) is 7.65. The number of nitrogen functional groups attached to an aromatic ring is 1. The van der Waals surface area contributed by atoms with Crippen LogP contribution in [0.2, 0.25) is 0 Å². The second-order valence-corrected chi connectivity index (χ2v) is 7.65. The van der Waals surface area contributed by atoms with Gasteiger partial charge in [-0.05, 0) is 37.2 Å². The molecule has 1 aromatic heterocycles. The van der Waals surface area contributed by atoms with E-state index < -0.39 is 0 Å². The first kappa shape index (κ1) is 21.0. The van der Waals surface area contributed by atoms with Gasteiger partial charge in [-0.15, -0.1) is 0 Å². The van der Waals surface area contributed by atoms with Gasteiger partial charge in [0.15, 0.2) is 0 Å². The maximum atomic E-state index is 5.97. The Morgan fingerprint density at radius 3 is 2.35 bits per heavy atom. The summed E-state index contributed by atoms with van der Waals surface area (Å²) >= 11 is 0. The molecule has 1 saturated heterocycles. The van der Waals surface area contributed by atoms with Crippen molar-refractivity contribution in [3.8, 4) is 5.75 Å². The molecule has 0 aliphatic carbocycles. The van der Waals surface area contributed by atoms with Crippen LogP contribution in [0.15, 0.2) is 54.6 Å². The Hall–Kier alpha value is -3.23. The summed E-state index contributed by atoms with van der Waals surface area (Å²) in [6, 6.07) is 18.3. The van der Waals surface area contributed by atoms with Crippen molar-refractivity contribution in [2.45, 2.75) is 19.5 Å². The van der Waals surface area contributed by atoms with E-state index in [0.29, 0.717) is 24.1 Å². The molecule has 2 heterocycles. The first-order valence-corrected chi connectivity index (χ1v) is 10.6. The van der Waals surface area contributed by atoms with Gasteiger partial charge in [-0.25, -0.2) is 0 Å². The van der Waals surface area contributed by atoms with Crippen LogP contribution >= 0.6 is 0 Å². The molecule has 1 aliphatic heterocycles. The molecule has 0 radical (unpaired) electrons. The van der Waals surface area contributed by atoms with Crippen molar-refractivity contribution in [1.29, 1.82) is 0 Å². The Morgan fingerprint density at radius 1 is 0.871 bits per heavy atom. The summed E-state index contributed by atoms with van der Waals surface area (Å²) in [5.74, 6) is 2.02. The molecule has 0 amide bonds. The molecule has 3 aromatic rings. The minimum atomic E-state index is 0.211. The summed E-state index contributed by atoms with van der Waals surface area (Å²) in [5, 5.41) is 3.19. The summed E-state index contributed by atoms with van der Waals surface area (Å²) < 4.78 is 5.39. The fraction of sp³-hybridized carbons (Fsp3) is 0.348. The molecule has 8 nitrogen and oxygen atoms in total. The van der Waals surface area contributed by atoms with Gasteiger partial charge in [0.1, 0.15) is 11.6 Å². The van der Waals surface area contributed by atoms with Crippen LogP contribution in [0.5, 0.6) is 5.75 Å². The molecule has 1 fully saturated rings. The number of ether oxygens (including phenoxy) is 1. The van der Waals surface area contributed by atoms with Gasteiger partial charge in [0.25, 0.3) is 0 Å². The number of anilines is 3. The number of nitrogens with one attached hydrogen (secondary N) is 1. The van der Waals surface area contributed by atoms with E-state index in [1.807, 2.05) is 24.3 Å². The lowest BCUT2D eigenvalue weighted by atomic mass is 10.2. The Kier molecular flexibility index (Phi) is 6.91. The van der Waals surface area contributed by atoms with Gasteiger partial charge in [-0.1, -0.05) is 42.5 Å². The van der Waals surface area contributed by atoms with Gasteiger partial charge >= 0.3 is 0 Å². The lowest BCUT2D eigenvalue weighted by molar-refractivity contribution is 0.243. The topological polar surface area (TPSA) is 92.4 Å². The van der Waals surface area contributed by atoms with Crippen LogP contribution < -0.4 is 15.8 Å². The van der Waals surface area contributed by atoms with E-state index >= 15 is 0 Å². The molecule has 31 heavy (non-hydrogen) atoms. The van der Waals surface area contributed by atoms with Gasteiger partial charge in [0.05, 0.1) is 19.3 Å². The van der Waals surface area contributed by atoms with E-state index in [1.165, 1.54) is 5.56 Å². The van der Waals surface area contributed by atoms with Crippen molar-refractivity contribution >= 4 is 17.6 Å². The standard InChI is InChI=1S/C23H29N7O/c1-31-20-11-6-5-10-19(20)25-23-27-21(26-22(24)28-23)17-30-13-7-12-29(14-15-30)16-18-8-3-2-4-9-18/h2-6,8-11H,7,12-17H2,1H3,(H3,24,25,26,27,28). The number of methoxy groups -OCH3 is 1. The van der Waals surface area contributed by atoms with Crippen LogP contribution in [-0.2, 0) is 13.1 Å². The molecule has 162 valence electrons. The van der Waals surface area contributed by atoms with Crippen LogP contribution in [0, 0.1) is 0 Å². The minimum absolute atomic E-state index is 0.211. The smallest absolute Gasteiger partial charge is 0.232 e. The molecule has 0 unspecified atom stereocenters. The zero-order chi connectivity index (χ0) is 21.5. The Labute approximate surface area is 183 Å². The van der Waals surface area contributed by atoms with Crippen LogP contribution in [-0.4, -0.2) is 58.0 Å². The molecule has 0 bridgehead atoms. The molecule has 4 rings (SSSR count). The van der Waals surface area contributed by atoms with Crippen molar-refractivity contribution < 1.29 is 4.74 Å². The van der Waals surface area contributed by atoms with Crippen LogP contribution in [0.3, 0.4) is 0 Å². The van der Waals surface area contributed by atoms with E-state index in [4.69, 9.17) is 10.5 Å². The van der Waals surface area contributed by atoms with E-state index in [9.17, 15) is 0 Å². The van der Waals surface area contributed by atoms with Gasteiger partial charge in [0.2, 0.25) is 11.9 Å². The summed E-state index contributed by atoms with van der Waals surface area (Å²) in [6.45, 7) is 5.71. The summed E-state index contributed by atoms with van der Waals surface area (Å²) in [4.78, 5) is 18.1. The third-order valence-corrected chi connectivity index (χ3v) is 5.35. The SMILES string of the molecule is COc1ccccc1Nc1nc(N)nc(CN2CCCN(Cc3ccccc3)CC2)n1. The Balaban J connectivity index is 1.39. The molecule has 8 heteroatoms. The second kappa shape index (κ2) is 10.2. The van der Waals surface area contributed by atoms with Crippen LogP contribution in [0.1, 0.15) is 17.8 Å². The van der Waals surface area contributed by atoms with E-state index in [1.54, 1.807) is 7.11 Å². The van der Waals surface area contributed by atoms with Crippen molar-refractivity contribution in [3.63, 3.8) is 0 Å².